The third-order valence-electron chi connectivity index (χ3n) is 2.98. The van der Waals surface area contributed by atoms with Crippen molar-refractivity contribution in [3.8, 4) is 0 Å². The zero-order chi connectivity index (χ0) is 13.4. The van der Waals surface area contributed by atoms with Crippen LogP contribution in [0.25, 0.3) is 11.0 Å². The molecular formula is C11H14N8. The van der Waals surface area contributed by atoms with Gasteiger partial charge in [-0.15, -0.1) is 0 Å². The first-order valence-electron chi connectivity index (χ1n) is 5.86. The number of anilines is 2. The number of H-pyrrole nitrogens is 1. The minimum absolute atomic E-state index is 0.0416. The molecule has 1 atom stereocenters. The van der Waals surface area contributed by atoms with Crippen molar-refractivity contribution < 1.29 is 0 Å². The van der Waals surface area contributed by atoms with E-state index in [2.05, 4.69) is 30.6 Å². The lowest BCUT2D eigenvalue weighted by Gasteiger charge is -2.15. The fourth-order valence-corrected chi connectivity index (χ4v) is 2.05. The molecule has 0 aliphatic carbocycles. The molecule has 8 nitrogen and oxygen atoms in total. The van der Waals surface area contributed by atoms with Gasteiger partial charge in [0, 0.05) is 13.2 Å². The fraction of sp³-hybridized carbons (Fsp3) is 0.273. The number of aryl methyl sites for hydroxylation is 1. The number of aromatic nitrogens is 6. The van der Waals surface area contributed by atoms with Crippen molar-refractivity contribution in [3.05, 3.63) is 24.2 Å². The molecule has 0 radical (unpaired) electrons. The van der Waals surface area contributed by atoms with Crippen molar-refractivity contribution in [1.29, 1.82) is 0 Å². The molecule has 0 unspecified atom stereocenters. The van der Waals surface area contributed by atoms with Gasteiger partial charge in [-0.1, -0.05) is 0 Å². The lowest BCUT2D eigenvalue weighted by atomic mass is 10.2. The first-order valence-corrected chi connectivity index (χ1v) is 5.86. The maximum absolute atomic E-state index is 5.68. The molecule has 4 N–H and O–H groups in total. The van der Waals surface area contributed by atoms with E-state index >= 15 is 0 Å². The predicted octanol–water partition coefficient (Wildman–Crippen LogP) is 0.842. The van der Waals surface area contributed by atoms with Crippen molar-refractivity contribution in [2.24, 2.45) is 7.05 Å². The van der Waals surface area contributed by atoms with Crippen LogP contribution in [-0.4, -0.2) is 29.9 Å². The van der Waals surface area contributed by atoms with E-state index < -0.39 is 0 Å². The van der Waals surface area contributed by atoms with Crippen molar-refractivity contribution in [2.45, 2.75) is 13.0 Å². The van der Waals surface area contributed by atoms with Crippen LogP contribution in [0.3, 0.4) is 0 Å². The summed E-state index contributed by atoms with van der Waals surface area (Å²) in [5.41, 5.74) is 7.35. The number of nitrogens with two attached hydrogens (primary N) is 1. The summed E-state index contributed by atoms with van der Waals surface area (Å²) in [5, 5.41) is 15.0. The second kappa shape index (κ2) is 4.23. The van der Waals surface area contributed by atoms with Gasteiger partial charge in [-0.2, -0.15) is 20.2 Å². The molecule has 0 aromatic carbocycles. The Morgan fingerprint density at radius 3 is 3.00 bits per heavy atom. The summed E-state index contributed by atoms with van der Waals surface area (Å²) < 4.78 is 1.81. The molecule has 0 saturated heterocycles. The molecule has 3 aromatic rings. The molecular weight excluding hydrogens is 244 g/mol. The Kier molecular flexibility index (Phi) is 2.55. The summed E-state index contributed by atoms with van der Waals surface area (Å²) >= 11 is 0. The average Bonchev–Trinajstić information content (AvgIpc) is 2.97. The predicted molar refractivity (Wildman–Crippen MR) is 71.3 cm³/mol. The van der Waals surface area contributed by atoms with E-state index in [4.69, 9.17) is 5.73 Å². The number of hydrogen-bond donors (Lipinski definition) is 3. The standard InChI is InChI=1S/C11H14N8/c1-6(8-3-4-14-19(8)2)15-9-7-5-13-18-10(7)17-11(12)16-9/h3-6H,1-2H3,(H4,12,13,15,16,17,18)/t6-/m0/s1. The molecule has 19 heavy (non-hydrogen) atoms. The van der Waals surface area contributed by atoms with Crippen LogP contribution in [0, 0.1) is 0 Å². The number of fused-ring (bicyclic) bond motifs is 1. The molecule has 8 heteroatoms. The monoisotopic (exact) mass is 258 g/mol. The maximum atomic E-state index is 5.68. The number of nitrogen functional groups attached to an aromatic ring is 1. The van der Waals surface area contributed by atoms with Crippen molar-refractivity contribution >= 4 is 22.8 Å². The van der Waals surface area contributed by atoms with Gasteiger partial charge in [-0.05, 0) is 13.0 Å². The Morgan fingerprint density at radius 2 is 2.26 bits per heavy atom. The second-order valence-electron chi connectivity index (χ2n) is 4.31. The minimum atomic E-state index is 0.0416. The second-order valence-corrected chi connectivity index (χ2v) is 4.31. The van der Waals surface area contributed by atoms with Crippen LogP contribution < -0.4 is 11.1 Å². The topological polar surface area (TPSA) is 110 Å². The SMILES string of the molecule is C[C@H](Nc1nc(N)nc2[nH]ncc12)c1ccnn1C. The highest BCUT2D eigenvalue weighted by molar-refractivity contribution is 5.86. The Morgan fingerprint density at radius 1 is 1.42 bits per heavy atom. The number of hydrogen-bond acceptors (Lipinski definition) is 6. The number of nitrogens with zero attached hydrogens (tertiary/aromatic N) is 5. The first kappa shape index (κ1) is 11.5. The quantitative estimate of drug-likeness (QED) is 0.642. The summed E-state index contributed by atoms with van der Waals surface area (Å²) in [6.07, 6.45) is 3.43. The third-order valence-corrected chi connectivity index (χ3v) is 2.98. The Bertz CT molecular complexity index is 712. The van der Waals surface area contributed by atoms with Crippen molar-refractivity contribution in [3.63, 3.8) is 0 Å². The summed E-state index contributed by atoms with van der Waals surface area (Å²) in [6.45, 7) is 2.03. The highest BCUT2D eigenvalue weighted by Gasteiger charge is 2.13. The molecule has 3 aromatic heterocycles. The summed E-state index contributed by atoms with van der Waals surface area (Å²) in [6, 6.07) is 1.99. The van der Waals surface area contributed by atoms with Crippen molar-refractivity contribution in [1.82, 2.24) is 29.9 Å². The lowest BCUT2D eigenvalue weighted by Crippen LogP contribution is -2.13. The van der Waals surface area contributed by atoms with Crippen LogP contribution in [-0.2, 0) is 7.05 Å². The van der Waals surface area contributed by atoms with Gasteiger partial charge in [-0.25, -0.2) is 0 Å². The number of rotatable bonds is 3. The van der Waals surface area contributed by atoms with Crippen LogP contribution >= 0.6 is 0 Å². The van der Waals surface area contributed by atoms with Crippen LogP contribution in [0.2, 0.25) is 0 Å². The largest absolute Gasteiger partial charge is 0.368 e. The molecule has 3 rings (SSSR count). The molecule has 98 valence electrons. The highest BCUT2D eigenvalue weighted by Crippen LogP contribution is 2.23. The van der Waals surface area contributed by atoms with Gasteiger partial charge in [-0.3, -0.25) is 9.78 Å². The van der Waals surface area contributed by atoms with E-state index in [-0.39, 0.29) is 12.0 Å². The number of aromatic amines is 1. The normalized spacial score (nSPS) is 12.7. The molecule has 3 heterocycles. The molecule has 0 fully saturated rings. The summed E-state index contributed by atoms with van der Waals surface area (Å²) in [4.78, 5) is 8.29. The van der Waals surface area contributed by atoms with Gasteiger partial charge in [0.2, 0.25) is 5.95 Å². The van der Waals surface area contributed by atoms with Gasteiger partial charge in [0.15, 0.2) is 5.65 Å². The van der Waals surface area contributed by atoms with E-state index in [0.29, 0.717) is 11.5 Å². The molecule has 0 aliphatic heterocycles. The maximum Gasteiger partial charge on any atom is 0.224 e. The van der Waals surface area contributed by atoms with Crippen LogP contribution in [0.1, 0.15) is 18.7 Å². The Labute approximate surface area is 109 Å². The average molecular weight is 258 g/mol. The summed E-state index contributed by atoms with van der Waals surface area (Å²) in [5.74, 6) is 0.862. The van der Waals surface area contributed by atoms with E-state index in [1.807, 2.05) is 24.7 Å². The van der Waals surface area contributed by atoms with E-state index in [1.165, 1.54) is 0 Å². The molecule has 0 spiro atoms. The van der Waals surface area contributed by atoms with E-state index in [9.17, 15) is 0 Å². The van der Waals surface area contributed by atoms with Gasteiger partial charge in [0.1, 0.15) is 5.82 Å². The van der Waals surface area contributed by atoms with E-state index in [1.54, 1.807) is 12.4 Å². The van der Waals surface area contributed by atoms with Gasteiger partial charge >= 0.3 is 0 Å². The van der Waals surface area contributed by atoms with Crippen LogP contribution in [0.5, 0.6) is 0 Å². The molecule has 0 bridgehead atoms. The fourth-order valence-electron chi connectivity index (χ4n) is 2.05. The highest BCUT2D eigenvalue weighted by atomic mass is 15.3. The van der Waals surface area contributed by atoms with Crippen LogP contribution in [0.4, 0.5) is 11.8 Å². The molecule has 0 aliphatic rings. The van der Waals surface area contributed by atoms with Gasteiger partial charge in [0.05, 0.1) is 23.3 Å². The van der Waals surface area contributed by atoms with E-state index in [0.717, 1.165) is 11.1 Å². The number of nitrogens with one attached hydrogen (secondary N) is 2. The molecule has 0 saturated carbocycles. The van der Waals surface area contributed by atoms with Gasteiger partial charge < -0.3 is 11.1 Å². The van der Waals surface area contributed by atoms with Crippen LogP contribution in [0.15, 0.2) is 18.5 Å². The lowest BCUT2D eigenvalue weighted by molar-refractivity contribution is 0.675. The smallest absolute Gasteiger partial charge is 0.224 e. The Hall–Kier alpha value is -2.64. The summed E-state index contributed by atoms with van der Waals surface area (Å²) in [7, 11) is 1.90. The van der Waals surface area contributed by atoms with Crippen molar-refractivity contribution in [2.75, 3.05) is 11.1 Å². The van der Waals surface area contributed by atoms with Gasteiger partial charge in [0.25, 0.3) is 0 Å². The first-order chi connectivity index (χ1) is 9.15. The minimum Gasteiger partial charge on any atom is -0.368 e. The molecule has 0 amide bonds. The Balaban J connectivity index is 1.97. The zero-order valence-electron chi connectivity index (χ0n) is 10.6. The third kappa shape index (κ3) is 1.96. The zero-order valence-corrected chi connectivity index (χ0v) is 10.6.